The summed E-state index contributed by atoms with van der Waals surface area (Å²) in [5, 5.41) is 2.58. The molecule has 15 heavy (non-hydrogen) atoms. The molecule has 0 radical (unpaired) electrons. The summed E-state index contributed by atoms with van der Waals surface area (Å²) in [6.07, 6.45) is 3.66. The number of rotatable bonds is 3. The highest BCUT2D eigenvalue weighted by molar-refractivity contribution is 5.88. The summed E-state index contributed by atoms with van der Waals surface area (Å²) in [5.41, 5.74) is 7.51. The van der Waals surface area contributed by atoms with E-state index in [9.17, 15) is 4.79 Å². The van der Waals surface area contributed by atoms with Crippen molar-refractivity contribution in [2.24, 2.45) is 0 Å². The van der Waals surface area contributed by atoms with Crippen molar-refractivity contribution in [3.63, 3.8) is 0 Å². The summed E-state index contributed by atoms with van der Waals surface area (Å²) >= 11 is 0. The van der Waals surface area contributed by atoms with Gasteiger partial charge in [-0.3, -0.25) is 4.79 Å². The minimum absolute atomic E-state index is 0. The molecule has 84 valence electrons. The second-order valence-corrected chi connectivity index (χ2v) is 3.20. The number of amides is 1. The average molecular weight is 230 g/mol. The van der Waals surface area contributed by atoms with Gasteiger partial charge in [0.25, 0.3) is 0 Å². The Morgan fingerprint density at radius 3 is 2.73 bits per heavy atom. The third-order valence-electron chi connectivity index (χ3n) is 1.85. The molecule has 4 nitrogen and oxygen atoms in total. The zero-order valence-corrected chi connectivity index (χ0v) is 9.73. The number of pyridine rings is 1. The van der Waals surface area contributed by atoms with Crippen LogP contribution in [0.4, 0.5) is 11.5 Å². The Morgan fingerprint density at radius 1 is 1.60 bits per heavy atom. The maximum atomic E-state index is 10.7. The quantitative estimate of drug-likeness (QED) is 0.833. The lowest BCUT2D eigenvalue weighted by Crippen LogP contribution is -2.08. The lowest BCUT2D eigenvalue weighted by molar-refractivity contribution is -0.114. The SMILES string of the molecule is CCCc1cnc(NC(C)=O)cc1N.Cl. The number of aryl methyl sites for hydroxylation is 1. The van der Waals surface area contributed by atoms with Crippen molar-refractivity contribution in [2.45, 2.75) is 26.7 Å². The highest BCUT2D eigenvalue weighted by Gasteiger charge is 2.02. The van der Waals surface area contributed by atoms with Gasteiger partial charge in [-0.15, -0.1) is 12.4 Å². The smallest absolute Gasteiger partial charge is 0.222 e. The van der Waals surface area contributed by atoms with Crippen molar-refractivity contribution in [2.75, 3.05) is 11.1 Å². The number of carbonyl (C=O) groups is 1. The van der Waals surface area contributed by atoms with Gasteiger partial charge < -0.3 is 11.1 Å². The lowest BCUT2D eigenvalue weighted by Gasteiger charge is -2.06. The molecule has 0 atom stereocenters. The number of anilines is 2. The van der Waals surface area contributed by atoms with E-state index in [-0.39, 0.29) is 18.3 Å². The first-order valence-corrected chi connectivity index (χ1v) is 4.65. The summed E-state index contributed by atoms with van der Waals surface area (Å²) in [4.78, 5) is 14.8. The van der Waals surface area contributed by atoms with Gasteiger partial charge in [0.2, 0.25) is 5.91 Å². The average Bonchev–Trinajstić information content (AvgIpc) is 2.09. The Kier molecular flexibility index (Phi) is 5.70. The first kappa shape index (κ1) is 13.7. The number of nitrogen functional groups attached to an aromatic ring is 1. The van der Waals surface area contributed by atoms with Gasteiger partial charge in [0.15, 0.2) is 0 Å². The molecule has 0 aromatic carbocycles. The van der Waals surface area contributed by atoms with Gasteiger partial charge in [0, 0.05) is 24.9 Å². The molecule has 0 saturated heterocycles. The molecule has 3 N–H and O–H groups in total. The molecule has 0 spiro atoms. The largest absolute Gasteiger partial charge is 0.398 e. The third kappa shape index (κ3) is 4.16. The number of hydrogen-bond acceptors (Lipinski definition) is 3. The number of aromatic nitrogens is 1. The molecule has 0 aliphatic carbocycles. The van der Waals surface area contributed by atoms with Gasteiger partial charge in [0.1, 0.15) is 5.82 Å². The monoisotopic (exact) mass is 229 g/mol. The summed E-state index contributed by atoms with van der Waals surface area (Å²) in [7, 11) is 0. The van der Waals surface area contributed by atoms with Gasteiger partial charge in [0.05, 0.1) is 0 Å². The topological polar surface area (TPSA) is 68.0 Å². The number of hydrogen-bond donors (Lipinski definition) is 2. The van der Waals surface area contributed by atoms with E-state index < -0.39 is 0 Å². The minimum Gasteiger partial charge on any atom is -0.398 e. The minimum atomic E-state index is -0.139. The Balaban J connectivity index is 0.00000196. The van der Waals surface area contributed by atoms with Crippen molar-refractivity contribution in [3.05, 3.63) is 17.8 Å². The van der Waals surface area contributed by atoms with E-state index >= 15 is 0 Å². The second kappa shape index (κ2) is 6.24. The standard InChI is InChI=1S/C10H15N3O.ClH/c1-3-4-8-6-12-10(5-9(8)11)13-7(2)14;/h5-6H,3-4H2,1-2H3,(H3,11,12,13,14);1H. The van der Waals surface area contributed by atoms with Gasteiger partial charge >= 0.3 is 0 Å². The Morgan fingerprint density at radius 2 is 2.27 bits per heavy atom. The Hall–Kier alpha value is -1.29. The number of nitrogens with two attached hydrogens (primary N) is 1. The van der Waals surface area contributed by atoms with Crippen LogP contribution in [-0.4, -0.2) is 10.9 Å². The molecule has 1 amide bonds. The maximum Gasteiger partial charge on any atom is 0.222 e. The van der Waals surface area contributed by atoms with E-state index in [4.69, 9.17) is 5.73 Å². The molecular formula is C10H16ClN3O. The van der Waals surface area contributed by atoms with Crippen LogP contribution >= 0.6 is 12.4 Å². The molecule has 0 aliphatic rings. The molecule has 0 bridgehead atoms. The summed E-state index contributed by atoms with van der Waals surface area (Å²) < 4.78 is 0. The van der Waals surface area contributed by atoms with Crippen LogP contribution in [0.2, 0.25) is 0 Å². The van der Waals surface area contributed by atoms with E-state index in [0.717, 1.165) is 18.4 Å². The molecule has 0 fully saturated rings. The molecule has 0 saturated carbocycles. The molecule has 1 aromatic rings. The van der Waals surface area contributed by atoms with Gasteiger partial charge in [-0.1, -0.05) is 13.3 Å². The van der Waals surface area contributed by atoms with E-state index in [1.54, 1.807) is 12.3 Å². The predicted octanol–water partition coefficient (Wildman–Crippen LogP) is 2.00. The third-order valence-corrected chi connectivity index (χ3v) is 1.85. The second-order valence-electron chi connectivity index (χ2n) is 3.20. The van der Waals surface area contributed by atoms with Crippen molar-refractivity contribution >= 4 is 29.8 Å². The highest BCUT2D eigenvalue weighted by Crippen LogP contribution is 2.16. The molecule has 1 heterocycles. The van der Waals surface area contributed by atoms with Crippen molar-refractivity contribution in [1.82, 2.24) is 4.98 Å². The number of nitrogens with one attached hydrogen (secondary N) is 1. The van der Waals surface area contributed by atoms with Crippen LogP contribution in [0.1, 0.15) is 25.8 Å². The fourth-order valence-corrected chi connectivity index (χ4v) is 1.23. The van der Waals surface area contributed by atoms with Crippen LogP contribution in [-0.2, 0) is 11.2 Å². The zero-order valence-electron chi connectivity index (χ0n) is 8.91. The first-order chi connectivity index (χ1) is 6.63. The first-order valence-electron chi connectivity index (χ1n) is 4.65. The number of nitrogens with zero attached hydrogens (tertiary/aromatic N) is 1. The summed E-state index contributed by atoms with van der Waals surface area (Å²) in [6.45, 7) is 3.53. The Bertz CT molecular complexity index is 341. The fourth-order valence-electron chi connectivity index (χ4n) is 1.23. The van der Waals surface area contributed by atoms with Crippen LogP contribution in [0.15, 0.2) is 12.3 Å². The molecule has 5 heteroatoms. The van der Waals surface area contributed by atoms with Crippen LogP contribution < -0.4 is 11.1 Å². The summed E-state index contributed by atoms with van der Waals surface area (Å²) in [5.74, 6) is 0.370. The van der Waals surface area contributed by atoms with Crippen molar-refractivity contribution < 1.29 is 4.79 Å². The number of carbonyl (C=O) groups excluding carboxylic acids is 1. The summed E-state index contributed by atoms with van der Waals surface area (Å²) in [6, 6.07) is 1.69. The Labute approximate surface area is 95.7 Å². The predicted molar refractivity (Wildman–Crippen MR) is 64.2 cm³/mol. The van der Waals surface area contributed by atoms with Crippen LogP contribution in [0.25, 0.3) is 0 Å². The van der Waals surface area contributed by atoms with Crippen LogP contribution in [0.5, 0.6) is 0 Å². The molecular weight excluding hydrogens is 214 g/mol. The van der Waals surface area contributed by atoms with Crippen molar-refractivity contribution in [3.8, 4) is 0 Å². The van der Waals surface area contributed by atoms with Gasteiger partial charge in [-0.2, -0.15) is 0 Å². The molecule has 0 aliphatic heterocycles. The normalized spacial score (nSPS) is 9.20. The number of halogens is 1. The van der Waals surface area contributed by atoms with E-state index in [1.165, 1.54) is 6.92 Å². The molecule has 1 aromatic heterocycles. The van der Waals surface area contributed by atoms with Crippen molar-refractivity contribution in [1.29, 1.82) is 0 Å². The molecule has 1 rings (SSSR count). The van der Waals surface area contributed by atoms with Crippen LogP contribution in [0.3, 0.4) is 0 Å². The lowest BCUT2D eigenvalue weighted by atomic mass is 10.1. The zero-order chi connectivity index (χ0) is 10.6. The van der Waals surface area contributed by atoms with E-state index in [1.807, 2.05) is 0 Å². The van der Waals surface area contributed by atoms with E-state index in [0.29, 0.717) is 11.5 Å². The van der Waals surface area contributed by atoms with E-state index in [2.05, 4.69) is 17.2 Å². The van der Waals surface area contributed by atoms with Gasteiger partial charge in [-0.25, -0.2) is 4.98 Å². The van der Waals surface area contributed by atoms with Crippen LogP contribution in [0, 0.1) is 0 Å². The van der Waals surface area contributed by atoms with Gasteiger partial charge in [-0.05, 0) is 12.0 Å². The maximum absolute atomic E-state index is 10.7. The fraction of sp³-hybridized carbons (Fsp3) is 0.400. The highest BCUT2D eigenvalue weighted by atomic mass is 35.5. The molecule has 0 unspecified atom stereocenters.